The van der Waals surface area contributed by atoms with Gasteiger partial charge in [0.15, 0.2) is 0 Å². The van der Waals surface area contributed by atoms with E-state index >= 15 is 0 Å². The van der Waals surface area contributed by atoms with E-state index < -0.39 is 10.0 Å². The van der Waals surface area contributed by atoms with E-state index in [2.05, 4.69) is 0 Å². The molecule has 0 aliphatic carbocycles. The molecule has 0 aliphatic heterocycles. The number of aliphatic hydroxyl groups excluding tert-OH is 1. The third-order valence-corrected chi connectivity index (χ3v) is 6.06. The molecule has 1 N–H and O–H groups in total. The minimum Gasteiger partial charge on any atom is -0.396 e. The summed E-state index contributed by atoms with van der Waals surface area (Å²) in [5, 5.41) is 8.92. The fourth-order valence-corrected chi connectivity index (χ4v) is 4.98. The molecule has 19 heavy (non-hydrogen) atoms. The molecule has 0 bridgehead atoms. The maximum atomic E-state index is 12.6. The highest BCUT2D eigenvalue weighted by molar-refractivity contribution is 7.89. The maximum Gasteiger partial charge on any atom is 0.244 e. The van der Waals surface area contributed by atoms with Crippen molar-refractivity contribution >= 4 is 21.4 Å². The van der Waals surface area contributed by atoms with E-state index in [9.17, 15) is 8.42 Å². The third kappa shape index (κ3) is 4.27. The number of hydrogen-bond donors (Lipinski definition) is 1. The summed E-state index contributed by atoms with van der Waals surface area (Å²) in [6.07, 6.45) is 2.27. The van der Waals surface area contributed by atoms with Crippen LogP contribution in [0.15, 0.2) is 11.0 Å². The minimum atomic E-state index is -3.42. The van der Waals surface area contributed by atoms with Crippen LogP contribution in [0.25, 0.3) is 0 Å². The molecule has 1 heterocycles. The van der Waals surface area contributed by atoms with Crippen molar-refractivity contribution in [2.24, 2.45) is 0 Å². The molecule has 0 aliphatic rings. The first-order chi connectivity index (χ1) is 8.93. The Morgan fingerprint density at radius 3 is 2.37 bits per heavy atom. The molecule has 110 valence electrons. The number of sulfonamides is 1. The van der Waals surface area contributed by atoms with Gasteiger partial charge < -0.3 is 5.11 Å². The Kier molecular flexibility index (Phi) is 6.46. The second-order valence-electron chi connectivity index (χ2n) is 4.61. The Bertz CT molecular complexity index is 486. The summed E-state index contributed by atoms with van der Waals surface area (Å²) in [7, 11) is -3.42. The Morgan fingerprint density at radius 1 is 1.26 bits per heavy atom. The van der Waals surface area contributed by atoms with Crippen molar-refractivity contribution in [2.45, 2.75) is 44.9 Å². The highest BCUT2D eigenvalue weighted by Gasteiger charge is 2.26. The standard InChI is InChI=1S/C13H23NO3S2/c1-4-5-7-14(8-6-9-15)19(16,17)13-10-11(2)18-12(13)3/h10,15H,4-9H2,1-3H3. The molecule has 1 aromatic rings. The molecule has 0 fully saturated rings. The summed E-state index contributed by atoms with van der Waals surface area (Å²) in [5.41, 5.74) is 0. The highest BCUT2D eigenvalue weighted by Crippen LogP contribution is 2.27. The van der Waals surface area contributed by atoms with Gasteiger partial charge in [0.1, 0.15) is 0 Å². The van der Waals surface area contributed by atoms with Crippen LogP contribution in [-0.4, -0.2) is 37.5 Å². The number of aliphatic hydroxyl groups is 1. The summed E-state index contributed by atoms with van der Waals surface area (Å²) in [5.74, 6) is 0. The summed E-state index contributed by atoms with van der Waals surface area (Å²) in [6, 6.07) is 1.74. The normalized spacial score (nSPS) is 12.3. The Balaban J connectivity index is 3.00. The monoisotopic (exact) mass is 305 g/mol. The van der Waals surface area contributed by atoms with Crippen LogP contribution in [0, 0.1) is 13.8 Å². The fraction of sp³-hybridized carbons (Fsp3) is 0.692. The molecular weight excluding hydrogens is 282 g/mol. The second kappa shape index (κ2) is 7.38. The predicted octanol–water partition coefficient (Wildman–Crippen LogP) is 2.54. The van der Waals surface area contributed by atoms with Gasteiger partial charge in [-0.05, 0) is 32.8 Å². The highest BCUT2D eigenvalue weighted by atomic mass is 32.2. The average Bonchev–Trinajstić information content (AvgIpc) is 2.69. The molecule has 0 radical (unpaired) electrons. The van der Waals surface area contributed by atoms with Gasteiger partial charge in [-0.3, -0.25) is 0 Å². The summed E-state index contributed by atoms with van der Waals surface area (Å²) >= 11 is 1.51. The molecule has 1 rings (SSSR count). The van der Waals surface area contributed by atoms with Gasteiger partial charge >= 0.3 is 0 Å². The van der Waals surface area contributed by atoms with Crippen LogP contribution in [-0.2, 0) is 10.0 Å². The van der Waals surface area contributed by atoms with Gasteiger partial charge in [-0.25, -0.2) is 8.42 Å². The largest absolute Gasteiger partial charge is 0.396 e. The van der Waals surface area contributed by atoms with E-state index in [0.717, 1.165) is 22.6 Å². The van der Waals surface area contributed by atoms with E-state index in [0.29, 0.717) is 24.4 Å². The van der Waals surface area contributed by atoms with Gasteiger partial charge in [0.2, 0.25) is 10.0 Å². The zero-order valence-electron chi connectivity index (χ0n) is 11.8. The number of thiophene rings is 1. The van der Waals surface area contributed by atoms with Crippen LogP contribution < -0.4 is 0 Å². The average molecular weight is 305 g/mol. The van der Waals surface area contributed by atoms with E-state index in [4.69, 9.17) is 5.11 Å². The van der Waals surface area contributed by atoms with Crippen molar-refractivity contribution in [3.8, 4) is 0 Å². The minimum absolute atomic E-state index is 0.0137. The molecule has 6 heteroatoms. The lowest BCUT2D eigenvalue weighted by Crippen LogP contribution is -2.33. The van der Waals surface area contributed by atoms with E-state index in [1.54, 1.807) is 6.07 Å². The molecule has 0 saturated heterocycles. The van der Waals surface area contributed by atoms with Gasteiger partial charge in [0.05, 0.1) is 4.90 Å². The van der Waals surface area contributed by atoms with Crippen LogP contribution in [0.2, 0.25) is 0 Å². The van der Waals surface area contributed by atoms with E-state index in [1.165, 1.54) is 15.6 Å². The zero-order chi connectivity index (χ0) is 14.5. The number of rotatable bonds is 8. The third-order valence-electron chi connectivity index (χ3n) is 2.94. The van der Waals surface area contributed by atoms with Gasteiger partial charge in [-0.1, -0.05) is 13.3 Å². The molecule has 0 spiro atoms. The van der Waals surface area contributed by atoms with Gasteiger partial charge in [0.25, 0.3) is 0 Å². The van der Waals surface area contributed by atoms with Crippen molar-refractivity contribution in [2.75, 3.05) is 19.7 Å². The zero-order valence-corrected chi connectivity index (χ0v) is 13.5. The lowest BCUT2D eigenvalue weighted by atomic mass is 10.3. The first-order valence-corrected chi connectivity index (χ1v) is 8.87. The van der Waals surface area contributed by atoms with E-state index in [-0.39, 0.29) is 6.61 Å². The number of aryl methyl sites for hydroxylation is 2. The number of unbranched alkanes of at least 4 members (excludes halogenated alkanes) is 1. The molecule has 0 amide bonds. The second-order valence-corrected chi connectivity index (χ2v) is 7.98. The van der Waals surface area contributed by atoms with Crippen molar-refractivity contribution in [1.29, 1.82) is 0 Å². The Morgan fingerprint density at radius 2 is 1.89 bits per heavy atom. The molecular formula is C13H23NO3S2. The first-order valence-electron chi connectivity index (χ1n) is 6.61. The van der Waals surface area contributed by atoms with Crippen LogP contribution in [0.3, 0.4) is 0 Å². The lowest BCUT2D eigenvalue weighted by molar-refractivity contribution is 0.268. The number of hydrogen-bond acceptors (Lipinski definition) is 4. The summed E-state index contributed by atoms with van der Waals surface area (Å²) in [4.78, 5) is 2.26. The molecule has 0 unspecified atom stereocenters. The van der Waals surface area contributed by atoms with E-state index in [1.807, 2.05) is 20.8 Å². The molecule has 0 saturated carbocycles. The smallest absolute Gasteiger partial charge is 0.244 e. The van der Waals surface area contributed by atoms with Crippen LogP contribution in [0.5, 0.6) is 0 Å². The van der Waals surface area contributed by atoms with Gasteiger partial charge in [-0.2, -0.15) is 4.31 Å². The van der Waals surface area contributed by atoms with Crippen molar-refractivity contribution in [3.63, 3.8) is 0 Å². The molecule has 0 atom stereocenters. The quantitative estimate of drug-likeness (QED) is 0.803. The SMILES string of the molecule is CCCCN(CCCO)S(=O)(=O)c1cc(C)sc1C. The van der Waals surface area contributed by atoms with Crippen LogP contribution >= 0.6 is 11.3 Å². The maximum absolute atomic E-state index is 12.6. The first kappa shape index (κ1) is 16.6. The van der Waals surface area contributed by atoms with Crippen LogP contribution in [0.1, 0.15) is 35.9 Å². The van der Waals surface area contributed by atoms with Crippen molar-refractivity contribution < 1.29 is 13.5 Å². The summed E-state index contributed by atoms with van der Waals surface area (Å²) < 4.78 is 26.8. The number of nitrogens with zero attached hydrogens (tertiary/aromatic N) is 1. The topological polar surface area (TPSA) is 57.6 Å². The Labute approximate surface area is 120 Å². The van der Waals surface area contributed by atoms with Gasteiger partial charge in [-0.15, -0.1) is 11.3 Å². The predicted molar refractivity (Wildman–Crippen MR) is 79.2 cm³/mol. The summed E-state index contributed by atoms with van der Waals surface area (Å²) in [6.45, 7) is 6.71. The Hall–Kier alpha value is -0.430. The van der Waals surface area contributed by atoms with Crippen molar-refractivity contribution in [1.82, 2.24) is 4.31 Å². The lowest BCUT2D eigenvalue weighted by Gasteiger charge is -2.21. The molecule has 4 nitrogen and oxygen atoms in total. The van der Waals surface area contributed by atoms with Gasteiger partial charge in [0, 0.05) is 29.5 Å². The molecule has 1 aromatic heterocycles. The van der Waals surface area contributed by atoms with Crippen LogP contribution in [0.4, 0.5) is 0 Å². The fourth-order valence-electron chi connectivity index (χ4n) is 1.94. The van der Waals surface area contributed by atoms with Crippen molar-refractivity contribution in [3.05, 3.63) is 15.8 Å². The molecule has 0 aromatic carbocycles.